The lowest BCUT2D eigenvalue weighted by Gasteiger charge is -2.37. The summed E-state index contributed by atoms with van der Waals surface area (Å²) in [5.41, 5.74) is 1.36. The van der Waals surface area contributed by atoms with Crippen LogP contribution in [0, 0.1) is 33.5 Å². The fourth-order valence-corrected chi connectivity index (χ4v) is 18.6. The van der Waals surface area contributed by atoms with E-state index in [1.807, 2.05) is 24.3 Å². The van der Waals surface area contributed by atoms with E-state index in [9.17, 15) is 16.8 Å². The molecule has 284 valence electrons. The van der Waals surface area contributed by atoms with Crippen LogP contribution in [0.2, 0.25) is 0 Å². The van der Waals surface area contributed by atoms with Crippen LogP contribution in [-0.2, 0) is 32.9 Å². The Morgan fingerprint density at radius 2 is 1.06 bits per heavy atom. The predicted octanol–water partition coefficient (Wildman–Crippen LogP) is 8.23. The summed E-state index contributed by atoms with van der Waals surface area (Å²) in [5.74, 6) is -0.320. The molecule has 10 heteroatoms. The Morgan fingerprint density at radius 1 is 0.648 bits per heavy atom. The van der Waals surface area contributed by atoms with Crippen LogP contribution in [-0.4, -0.2) is 60.8 Å². The van der Waals surface area contributed by atoms with Gasteiger partial charge < -0.3 is 0 Å². The third-order valence-electron chi connectivity index (χ3n) is 16.7. The van der Waals surface area contributed by atoms with Crippen molar-refractivity contribution in [2.75, 3.05) is 11.5 Å². The lowest BCUT2D eigenvalue weighted by atomic mass is 9.69. The molecule has 2 heterocycles. The number of benzene rings is 4. The minimum Gasteiger partial charge on any atom is -0.268 e. The molecule has 10 rings (SSSR count). The molecule has 0 radical (unpaired) electrons. The second-order valence-corrected chi connectivity index (χ2v) is 22.5. The van der Waals surface area contributed by atoms with E-state index in [1.54, 1.807) is 12.1 Å². The second kappa shape index (κ2) is 10.7. The van der Waals surface area contributed by atoms with Crippen LogP contribution in [0.4, 0.5) is 0 Å². The zero-order chi connectivity index (χ0) is 38.1. The third kappa shape index (κ3) is 3.95. The van der Waals surface area contributed by atoms with Crippen LogP contribution in [0.5, 0.6) is 0 Å². The first-order valence-corrected chi connectivity index (χ1v) is 23.2. The van der Waals surface area contributed by atoms with Gasteiger partial charge in [0.25, 0.3) is 11.8 Å². The van der Waals surface area contributed by atoms with Gasteiger partial charge in [-0.2, -0.15) is 0 Å². The highest BCUT2D eigenvalue weighted by atomic mass is 32.2. The first-order chi connectivity index (χ1) is 25.5. The number of sulfonamides is 2. The van der Waals surface area contributed by atoms with E-state index >= 15 is 9.59 Å². The summed E-state index contributed by atoms with van der Waals surface area (Å²) in [4.78, 5) is 30.2. The molecule has 0 N–H and O–H groups in total. The van der Waals surface area contributed by atoms with E-state index in [-0.39, 0.29) is 34.4 Å². The van der Waals surface area contributed by atoms with Crippen molar-refractivity contribution in [1.82, 2.24) is 8.61 Å². The Hall–Kier alpha value is -3.50. The van der Waals surface area contributed by atoms with E-state index in [0.717, 1.165) is 53.0 Å². The molecule has 0 aromatic heterocycles. The molecule has 2 amide bonds. The monoisotopic (exact) mass is 766 g/mol. The Bertz CT molecular complexity index is 2450. The number of fused-ring (bicyclic) bond motifs is 7. The zero-order valence-electron chi connectivity index (χ0n) is 32.2. The van der Waals surface area contributed by atoms with Gasteiger partial charge in [-0.15, -0.1) is 0 Å². The van der Waals surface area contributed by atoms with E-state index in [0.29, 0.717) is 64.8 Å². The van der Waals surface area contributed by atoms with Gasteiger partial charge in [0.1, 0.15) is 0 Å². The molecule has 4 bridgehead atoms. The molecule has 6 fully saturated rings. The van der Waals surface area contributed by atoms with Gasteiger partial charge in [0.15, 0.2) is 0 Å². The summed E-state index contributed by atoms with van der Waals surface area (Å²) in [6.07, 6.45) is 6.27. The largest absolute Gasteiger partial charge is 0.268 e. The highest BCUT2D eigenvalue weighted by molar-refractivity contribution is 7.90. The van der Waals surface area contributed by atoms with E-state index in [2.05, 4.69) is 53.7 Å². The zero-order valence-corrected chi connectivity index (χ0v) is 33.8. The van der Waals surface area contributed by atoms with E-state index < -0.39 is 42.7 Å². The van der Waals surface area contributed by atoms with Crippen molar-refractivity contribution >= 4 is 64.2 Å². The smallest absolute Gasteiger partial charge is 0.268 e. The van der Waals surface area contributed by atoms with Gasteiger partial charge >= 0.3 is 0 Å². The SMILES string of the molecule is CCc1cccc2c(C(=O)N3[C@@H]4C[C@H]5CC[C@]4(CS3(=O)=O)C5(C)C)cc3cc(C(=O)N4[C@@H]5C[C@H]6CC[C@]5(CS4(=O)=O)C6(C)C)c4cccc(CC)c4c3c12. The predicted molar refractivity (Wildman–Crippen MR) is 212 cm³/mol. The molecule has 2 spiro atoms. The van der Waals surface area contributed by atoms with Crippen LogP contribution >= 0.6 is 0 Å². The molecule has 0 unspecified atom stereocenters. The Morgan fingerprint density at radius 3 is 1.43 bits per heavy atom. The van der Waals surface area contributed by atoms with Crippen molar-refractivity contribution in [3.8, 4) is 0 Å². The van der Waals surface area contributed by atoms with E-state index in [4.69, 9.17) is 0 Å². The first kappa shape index (κ1) is 35.0. The summed E-state index contributed by atoms with van der Waals surface area (Å²) in [6.45, 7) is 12.9. The number of rotatable bonds is 4. The Balaban J connectivity index is 1.22. The Labute approximate surface area is 318 Å². The van der Waals surface area contributed by atoms with Crippen molar-refractivity contribution < 1.29 is 26.4 Å². The molecule has 6 atom stereocenters. The lowest BCUT2D eigenvalue weighted by Crippen LogP contribution is -2.44. The molecule has 6 aliphatic rings. The van der Waals surface area contributed by atoms with Gasteiger partial charge in [-0.1, -0.05) is 77.9 Å². The second-order valence-electron chi connectivity index (χ2n) is 18.8. The molecule has 54 heavy (non-hydrogen) atoms. The standard InChI is InChI=1S/C44H50N2O6S2/c1-7-25-11-9-13-30-32(39(47)45-34-21-28-15-17-43(34,41(28,3)4)23-53(45,49)50)19-27-20-33(31-14-10-12-26(8-2)37(31)38(27)36(25)30)40(48)46-35-22-29-16-18-44(35,42(29,5)6)24-54(46,51)52/h9-14,19-20,28-29,34-35H,7-8,15-18,21-24H2,1-6H3/t28-,29-,34-,35-,43-,44-/m1/s1. The average molecular weight is 767 g/mol. The summed E-state index contributed by atoms with van der Waals surface area (Å²) in [6, 6.07) is 14.7. The summed E-state index contributed by atoms with van der Waals surface area (Å²) in [7, 11) is -7.81. The normalized spacial score (nSPS) is 33.3. The topological polar surface area (TPSA) is 109 Å². The maximum Gasteiger partial charge on any atom is 0.268 e. The molecule has 2 saturated heterocycles. The maximum absolute atomic E-state index is 15.1. The van der Waals surface area contributed by atoms with Crippen molar-refractivity contribution in [1.29, 1.82) is 0 Å². The van der Waals surface area contributed by atoms with E-state index in [1.165, 1.54) is 8.61 Å². The Kier molecular flexibility index (Phi) is 6.90. The lowest BCUT2D eigenvalue weighted by molar-refractivity contribution is 0.0695. The van der Waals surface area contributed by atoms with Gasteiger partial charge in [0.05, 0.1) is 23.6 Å². The van der Waals surface area contributed by atoms with Crippen molar-refractivity contribution in [3.05, 3.63) is 70.8 Å². The van der Waals surface area contributed by atoms with Gasteiger partial charge in [0.2, 0.25) is 20.0 Å². The number of amides is 2. The molecule has 8 nitrogen and oxygen atoms in total. The van der Waals surface area contributed by atoms with Gasteiger partial charge in [0, 0.05) is 22.0 Å². The quantitative estimate of drug-likeness (QED) is 0.194. The minimum atomic E-state index is -3.90. The van der Waals surface area contributed by atoms with Crippen LogP contribution in [0.25, 0.3) is 32.3 Å². The summed E-state index contributed by atoms with van der Waals surface area (Å²) in [5, 5.41) is 4.71. The molecule has 4 aliphatic carbocycles. The van der Waals surface area contributed by atoms with Gasteiger partial charge in [-0.05, 0) is 130 Å². The van der Waals surface area contributed by atoms with Crippen molar-refractivity contribution in [3.63, 3.8) is 0 Å². The average Bonchev–Trinajstić information content (AvgIpc) is 3.82. The molecule has 2 aliphatic heterocycles. The summed E-state index contributed by atoms with van der Waals surface area (Å²) >= 11 is 0. The van der Waals surface area contributed by atoms with Gasteiger partial charge in [-0.25, -0.2) is 25.4 Å². The fraction of sp³-hybridized carbons (Fsp3) is 0.545. The van der Waals surface area contributed by atoms with Crippen molar-refractivity contribution in [2.45, 2.75) is 105 Å². The number of carbonyl (C=O) groups is 2. The van der Waals surface area contributed by atoms with Crippen molar-refractivity contribution in [2.24, 2.45) is 33.5 Å². The maximum atomic E-state index is 15.1. The minimum absolute atomic E-state index is 0.0145. The highest BCUT2D eigenvalue weighted by Crippen LogP contribution is 2.71. The van der Waals surface area contributed by atoms with Crippen LogP contribution in [0.15, 0.2) is 48.5 Å². The van der Waals surface area contributed by atoms with Crippen LogP contribution in [0.1, 0.15) is 112 Å². The van der Waals surface area contributed by atoms with Gasteiger partial charge in [-0.3, -0.25) is 9.59 Å². The molecular formula is C44H50N2O6S2. The highest BCUT2D eigenvalue weighted by Gasteiger charge is 2.73. The third-order valence-corrected chi connectivity index (χ3v) is 20.5. The molecular weight excluding hydrogens is 717 g/mol. The number of hydrogen-bond acceptors (Lipinski definition) is 6. The van der Waals surface area contributed by atoms with Crippen LogP contribution in [0.3, 0.4) is 0 Å². The first-order valence-electron chi connectivity index (χ1n) is 20.0. The number of hydrogen-bond donors (Lipinski definition) is 0. The fourth-order valence-electron chi connectivity index (χ4n) is 13.6. The molecule has 4 aromatic rings. The number of carbonyl (C=O) groups excluding carboxylic acids is 2. The number of nitrogens with zero attached hydrogens (tertiary/aromatic N) is 2. The summed E-state index contributed by atoms with van der Waals surface area (Å²) < 4.78 is 59.2. The van der Waals surface area contributed by atoms with Crippen LogP contribution < -0.4 is 0 Å². The number of aryl methyl sites for hydroxylation is 2. The molecule has 4 saturated carbocycles. The molecule has 4 aromatic carbocycles.